The van der Waals surface area contributed by atoms with Gasteiger partial charge in [0.05, 0.1) is 11.5 Å². The number of rotatable bonds is 7. The molecular formula is C22H25ClN4O3S. The second-order valence-electron chi connectivity index (χ2n) is 7.54. The maximum Gasteiger partial charge on any atom is 0.208 e. The number of aromatic nitrogens is 4. The first kappa shape index (κ1) is 22.2. The van der Waals surface area contributed by atoms with Crippen molar-refractivity contribution in [3.05, 3.63) is 28.5 Å². The van der Waals surface area contributed by atoms with E-state index in [1.54, 1.807) is 4.57 Å². The summed E-state index contributed by atoms with van der Waals surface area (Å²) in [5, 5.41) is 22.6. The monoisotopic (exact) mass is 460 g/mol. The Morgan fingerprint density at radius 3 is 2.77 bits per heavy atom. The number of halogens is 1. The van der Waals surface area contributed by atoms with Gasteiger partial charge in [0.2, 0.25) is 5.82 Å². The Hall–Kier alpha value is -2.02. The summed E-state index contributed by atoms with van der Waals surface area (Å²) in [6.45, 7) is 2.22. The molecule has 0 aliphatic carbocycles. The van der Waals surface area contributed by atoms with Gasteiger partial charge in [-0.3, -0.25) is 4.57 Å². The minimum absolute atomic E-state index is 0.0267. The van der Waals surface area contributed by atoms with Crippen LogP contribution in [0.5, 0.6) is 0 Å². The van der Waals surface area contributed by atoms with E-state index in [0.717, 1.165) is 17.7 Å². The molecular weight excluding hydrogens is 436 g/mol. The van der Waals surface area contributed by atoms with E-state index in [9.17, 15) is 10.2 Å². The van der Waals surface area contributed by atoms with Gasteiger partial charge in [0, 0.05) is 6.42 Å². The van der Waals surface area contributed by atoms with Gasteiger partial charge in [-0.25, -0.2) is 15.0 Å². The fraction of sp³-hybridized carbons (Fsp3) is 0.500. The quantitative estimate of drug-likeness (QED) is 0.312. The van der Waals surface area contributed by atoms with Crippen LogP contribution in [0.4, 0.5) is 0 Å². The molecule has 4 rings (SSSR count). The standard InChI is InChI=1S/C22H25ClN4O3S/c1-2-3-4-5-6-7-8-11-16-24-19(23)17-21(25-16)27(22-18(29)14(28)13-30-22)20(26-17)15-10-9-12-31-15/h9-10,12,14,18,22,28-29H,2-7,13H2,1H3/t14-,18-,22-/m1/s1. The van der Waals surface area contributed by atoms with Gasteiger partial charge >= 0.3 is 0 Å². The van der Waals surface area contributed by atoms with Crippen molar-refractivity contribution in [2.75, 3.05) is 6.61 Å². The average molecular weight is 461 g/mol. The van der Waals surface area contributed by atoms with Crippen LogP contribution in [0.3, 0.4) is 0 Å². The van der Waals surface area contributed by atoms with Crippen LogP contribution in [-0.2, 0) is 4.74 Å². The van der Waals surface area contributed by atoms with Gasteiger partial charge in [0.1, 0.15) is 17.7 Å². The molecule has 0 aromatic carbocycles. The molecule has 4 heterocycles. The summed E-state index contributed by atoms with van der Waals surface area (Å²) in [7, 11) is 0. The molecule has 0 radical (unpaired) electrons. The van der Waals surface area contributed by atoms with Crippen molar-refractivity contribution in [1.29, 1.82) is 0 Å². The SMILES string of the molecule is CCCCCCCC#Cc1nc(Cl)c2nc(-c3cccs3)n([C@@H]3OC[C@@H](O)[C@H]3O)c2n1. The number of ether oxygens (including phenoxy) is 1. The van der Waals surface area contributed by atoms with Gasteiger partial charge in [0.25, 0.3) is 0 Å². The Kier molecular flexibility index (Phi) is 7.20. The van der Waals surface area contributed by atoms with Gasteiger partial charge in [-0.2, -0.15) is 0 Å². The van der Waals surface area contributed by atoms with Crippen LogP contribution in [0.15, 0.2) is 17.5 Å². The number of aliphatic hydroxyl groups excluding tert-OH is 2. The van der Waals surface area contributed by atoms with Gasteiger partial charge in [-0.15, -0.1) is 11.3 Å². The van der Waals surface area contributed by atoms with Crippen LogP contribution in [0.1, 0.15) is 57.5 Å². The van der Waals surface area contributed by atoms with E-state index in [-0.39, 0.29) is 11.8 Å². The van der Waals surface area contributed by atoms with Crippen molar-refractivity contribution >= 4 is 34.1 Å². The number of imidazole rings is 1. The number of hydrogen-bond donors (Lipinski definition) is 2. The van der Waals surface area contributed by atoms with Crippen molar-refractivity contribution in [1.82, 2.24) is 19.5 Å². The van der Waals surface area contributed by atoms with Crippen LogP contribution in [0.25, 0.3) is 21.9 Å². The zero-order chi connectivity index (χ0) is 21.8. The highest BCUT2D eigenvalue weighted by atomic mass is 35.5. The predicted octanol–water partition coefficient (Wildman–Crippen LogP) is 4.17. The molecule has 2 N–H and O–H groups in total. The van der Waals surface area contributed by atoms with Gasteiger partial charge in [0.15, 0.2) is 22.9 Å². The highest BCUT2D eigenvalue weighted by Crippen LogP contribution is 2.36. The highest BCUT2D eigenvalue weighted by molar-refractivity contribution is 7.13. The lowest BCUT2D eigenvalue weighted by molar-refractivity contribution is -0.0152. The molecule has 0 spiro atoms. The normalized spacial score (nSPS) is 20.8. The van der Waals surface area contributed by atoms with Crippen LogP contribution in [-0.4, -0.2) is 48.5 Å². The van der Waals surface area contributed by atoms with E-state index in [0.29, 0.717) is 22.8 Å². The molecule has 1 fully saturated rings. The number of nitrogens with zero attached hydrogens (tertiary/aromatic N) is 4. The Morgan fingerprint density at radius 1 is 1.23 bits per heavy atom. The second-order valence-corrected chi connectivity index (χ2v) is 8.85. The first-order chi connectivity index (χ1) is 15.1. The number of aliphatic hydroxyl groups is 2. The molecule has 3 aromatic rings. The van der Waals surface area contributed by atoms with Crippen molar-refractivity contribution in [3.8, 4) is 22.5 Å². The predicted molar refractivity (Wildman–Crippen MR) is 121 cm³/mol. The summed E-state index contributed by atoms with van der Waals surface area (Å²) in [5.41, 5.74) is 0.834. The fourth-order valence-corrected chi connectivity index (χ4v) is 4.50. The zero-order valence-corrected chi connectivity index (χ0v) is 18.9. The Labute approximate surface area is 190 Å². The summed E-state index contributed by atoms with van der Waals surface area (Å²) >= 11 is 7.93. The summed E-state index contributed by atoms with van der Waals surface area (Å²) in [4.78, 5) is 14.4. The maximum absolute atomic E-state index is 10.5. The van der Waals surface area contributed by atoms with Crippen molar-refractivity contribution in [3.63, 3.8) is 0 Å². The Morgan fingerprint density at radius 2 is 2.06 bits per heavy atom. The third-order valence-corrected chi connectivity index (χ3v) is 6.35. The van der Waals surface area contributed by atoms with Crippen molar-refractivity contribution in [2.45, 2.75) is 63.9 Å². The van der Waals surface area contributed by atoms with Crippen LogP contribution in [0.2, 0.25) is 5.15 Å². The van der Waals surface area contributed by atoms with E-state index < -0.39 is 18.4 Å². The topological polar surface area (TPSA) is 93.3 Å². The van der Waals surface area contributed by atoms with E-state index in [4.69, 9.17) is 16.3 Å². The van der Waals surface area contributed by atoms with Crippen molar-refractivity contribution in [2.24, 2.45) is 0 Å². The van der Waals surface area contributed by atoms with E-state index >= 15 is 0 Å². The largest absolute Gasteiger partial charge is 0.388 e. The molecule has 0 saturated carbocycles. The molecule has 1 saturated heterocycles. The van der Waals surface area contributed by atoms with E-state index in [1.165, 1.54) is 37.0 Å². The number of fused-ring (bicyclic) bond motifs is 1. The van der Waals surface area contributed by atoms with Gasteiger partial charge in [-0.1, -0.05) is 56.2 Å². The summed E-state index contributed by atoms with van der Waals surface area (Å²) in [5.74, 6) is 6.99. The summed E-state index contributed by atoms with van der Waals surface area (Å²) in [6.07, 6.45) is 3.76. The zero-order valence-electron chi connectivity index (χ0n) is 17.3. The van der Waals surface area contributed by atoms with Crippen LogP contribution >= 0.6 is 22.9 Å². The molecule has 3 atom stereocenters. The number of unbranched alkanes of at least 4 members (excludes halogenated alkanes) is 5. The van der Waals surface area contributed by atoms with E-state index in [1.807, 2.05) is 17.5 Å². The molecule has 164 valence electrons. The molecule has 1 aliphatic rings. The van der Waals surface area contributed by atoms with Gasteiger partial charge < -0.3 is 14.9 Å². The molecule has 31 heavy (non-hydrogen) atoms. The molecule has 0 amide bonds. The molecule has 1 aliphatic heterocycles. The van der Waals surface area contributed by atoms with Crippen molar-refractivity contribution < 1.29 is 14.9 Å². The fourth-order valence-electron chi connectivity index (χ4n) is 3.59. The lowest BCUT2D eigenvalue weighted by Gasteiger charge is -2.19. The Balaban J connectivity index is 1.69. The number of thiophene rings is 1. The lowest BCUT2D eigenvalue weighted by atomic mass is 10.1. The first-order valence-corrected chi connectivity index (χ1v) is 11.8. The maximum atomic E-state index is 10.5. The van der Waals surface area contributed by atoms with Gasteiger partial charge in [-0.05, 0) is 23.8 Å². The molecule has 0 unspecified atom stereocenters. The second kappa shape index (κ2) is 10.1. The summed E-state index contributed by atoms with van der Waals surface area (Å²) in [6, 6.07) is 3.83. The van der Waals surface area contributed by atoms with E-state index in [2.05, 4.69) is 33.7 Å². The number of hydrogen-bond acceptors (Lipinski definition) is 7. The lowest BCUT2D eigenvalue weighted by Crippen LogP contribution is -2.28. The highest BCUT2D eigenvalue weighted by Gasteiger charge is 2.39. The third-order valence-electron chi connectivity index (χ3n) is 5.22. The molecule has 3 aromatic heterocycles. The molecule has 0 bridgehead atoms. The van der Waals surface area contributed by atoms with Crippen LogP contribution < -0.4 is 0 Å². The third kappa shape index (κ3) is 4.76. The minimum atomic E-state index is -1.11. The van der Waals surface area contributed by atoms with Crippen LogP contribution in [0, 0.1) is 11.8 Å². The molecule has 9 heteroatoms. The smallest absolute Gasteiger partial charge is 0.208 e. The minimum Gasteiger partial charge on any atom is -0.388 e. The first-order valence-electron chi connectivity index (χ1n) is 10.6. The summed E-state index contributed by atoms with van der Waals surface area (Å²) < 4.78 is 7.37. The Bertz CT molecular complexity index is 1090. The average Bonchev–Trinajstić information content (AvgIpc) is 3.48. The molecule has 7 nitrogen and oxygen atoms in total.